The fourth-order valence-corrected chi connectivity index (χ4v) is 2.00. The Balaban J connectivity index is 1.90. The van der Waals surface area contributed by atoms with Crippen LogP contribution >= 0.6 is 15.9 Å². The summed E-state index contributed by atoms with van der Waals surface area (Å²) in [5.41, 5.74) is 0.450. The molecular formula is C12H12BrFN2. The molecule has 0 unspecified atom stereocenters. The van der Waals surface area contributed by atoms with Crippen molar-refractivity contribution >= 4 is 15.9 Å². The third kappa shape index (κ3) is 2.60. The summed E-state index contributed by atoms with van der Waals surface area (Å²) in [4.78, 5) is 0. The van der Waals surface area contributed by atoms with Crippen LogP contribution in [0.15, 0.2) is 22.7 Å². The van der Waals surface area contributed by atoms with Crippen LogP contribution in [0.3, 0.4) is 0 Å². The van der Waals surface area contributed by atoms with Gasteiger partial charge in [0.2, 0.25) is 0 Å². The van der Waals surface area contributed by atoms with Gasteiger partial charge in [-0.05, 0) is 31.0 Å². The maximum Gasteiger partial charge on any atom is 0.127 e. The average Bonchev–Trinajstić information content (AvgIpc) is 3.04. The van der Waals surface area contributed by atoms with E-state index >= 15 is 0 Å². The summed E-state index contributed by atoms with van der Waals surface area (Å²) in [6.07, 6.45) is 1.91. The first kappa shape index (κ1) is 11.6. The molecule has 0 heterocycles. The van der Waals surface area contributed by atoms with Crippen molar-refractivity contribution < 1.29 is 4.39 Å². The number of hydrogen-bond acceptors (Lipinski definition) is 2. The Hall–Kier alpha value is -0.920. The highest BCUT2D eigenvalue weighted by atomic mass is 79.9. The number of halogens is 2. The molecule has 0 radical (unpaired) electrons. The Bertz CT molecular complexity index is 435. The summed E-state index contributed by atoms with van der Waals surface area (Å²) in [5.74, 6) is -0.211. The fourth-order valence-electron chi connectivity index (χ4n) is 1.59. The molecule has 0 bridgehead atoms. The second-order valence-corrected chi connectivity index (χ2v) is 5.15. The van der Waals surface area contributed by atoms with Gasteiger partial charge in [-0.25, -0.2) is 4.39 Å². The van der Waals surface area contributed by atoms with Crippen molar-refractivity contribution in [3.05, 3.63) is 34.1 Å². The van der Waals surface area contributed by atoms with Gasteiger partial charge >= 0.3 is 0 Å². The Kier molecular flexibility index (Phi) is 3.27. The average molecular weight is 283 g/mol. The summed E-state index contributed by atoms with van der Waals surface area (Å²) in [5, 5.41) is 12.0. The van der Waals surface area contributed by atoms with Gasteiger partial charge in [-0.3, -0.25) is 0 Å². The third-order valence-corrected chi connectivity index (χ3v) is 3.37. The molecule has 0 amide bonds. The molecule has 1 aromatic rings. The monoisotopic (exact) mass is 282 g/mol. The van der Waals surface area contributed by atoms with Gasteiger partial charge in [-0.1, -0.05) is 15.9 Å². The molecule has 1 aliphatic rings. The lowest BCUT2D eigenvalue weighted by molar-refractivity contribution is 0.538. The molecular weight excluding hydrogens is 271 g/mol. The van der Waals surface area contributed by atoms with Crippen molar-refractivity contribution in [1.29, 1.82) is 5.26 Å². The number of nitrogens with one attached hydrogen (secondary N) is 1. The summed E-state index contributed by atoms with van der Waals surface area (Å²) in [6, 6.07) is 7.18. The van der Waals surface area contributed by atoms with E-state index in [2.05, 4.69) is 27.3 Å². The van der Waals surface area contributed by atoms with E-state index in [0.29, 0.717) is 18.7 Å². The summed E-state index contributed by atoms with van der Waals surface area (Å²) in [7, 11) is 0. The van der Waals surface area contributed by atoms with Crippen molar-refractivity contribution in [3.63, 3.8) is 0 Å². The van der Waals surface area contributed by atoms with Gasteiger partial charge in [0.15, 0.2) is 0 Å². The van der Waals surface area contributed by atoms with Gasteiger partial charge in [0.25, 0.3) is 0 Å². The smallest absolute Gasteiger partial charge is 0.127 e. The number of nitrogens with zero attached hydrogens (tertiary/aromatic N) is 1. The van der Waals surface area contributed by atoms with Crippen molar-refractivity contribution in [1.82, 2.24) is 5.32 Å². The van der Waals surface area contributed by atoms with Crippen molar-refractivity contribution in [2.24, 2.45) is 5.41 Å². The minimum absolute atomic E-state index is 0.178. The van der Waals surface area contributed by atoms with E-state index in [-0.39, 0.29) is 11.2 Å². The van der Waals surface area contributed by atoms with Crippen LogP contribution in [0.25, 0.3) is 0 Å². The molecule has 0 spiro atoms. The highest BCUT2D eigenvalue weighted by Crippen LogP contribution is 2.44. The van der Waals surface area contributed by atoms with Gasteiger partial charge < -0.3 is 5.32 Å². The standard InChI is InChI=1S/C12H12BrFN2/c13-10-1-2-11(14)9(5-10)6-16-8-12(7-15)3-4-12/h1-2,5,16H,3-4,6,8H2. The molecule has 1 aromatic carbocycles. The number of hydrogen-bond donors (Lipinski definition) is 1. The zero-order valence-electron chi connectivity index (χ0n) is 8.76. The Morgan fingerprint density at radius 1 is 1.50 bits per heavy atom. The molecule has 0 atom stereocenters. The van der Waals surface area contributed by atoms with Crippen LogP contribution in [-0.4, -0.2) is 6.54 Å². The minimum atomic E-state index is -0.211. The molecule has 0 aromatic heterocycles. The molecule has 16 heavy (non-hydrogen) atoms. The van der Waals surface area contributed by atoms with Gasteiger partial charge in [0, 0.05) is 23.1 Å². The number of benzene rings is 1. The molecule has 1 aliphatic carbocycles. The van der Waals surface area contributed by atoms with Crippen LogP contribution in [0.5, 0.6) is 0 Å². The van der Waals surface area contributed by atoms with Gasteiger partial charge in [0.05, 0.1) is 11.5 Å². The molecule has 1 fully saturated rings. The van der Waals surface area contributed by atoms with E-state index in [1.807, 2.05) is 0 Å². The summed E-state index contributed by atoms with van der Waals surface area (Å²) < 4.78 is 14.2. The molecule has 0 saturated heterocycles. The second-order valence-electron chi connectivity index (χ2n) is 4.23. The van der Waals surface area contributed by atoms with E-state index in [0.717, 1.165) is 17.3 Å². The highest BCUT2D eigenvalue weighted by molar-refractivity contribution is 9.10. The molecule has 1 N–H and O–H groups in total. The van der Waals surface area contributed by atoms with Gasteiger partial charge in [-0.15, -0.1) is 0 Å². The zero-order chi connectivity index (χ0) is 11.6. The third-order valence-electron chi connectivity index (χ3n) is 2.88. The number of rotatable bonds is 4. The first-order valence-electron chi connectivity index (χ1n) is 5.21. The van der Waals surface area contributed by atoms with Crippen LogP contribution in [0.4, 0.5) is 4.39 Å². The molecule has 4 heteroatoms. The van der Waals surface area contributed by atoms with Crippen LogP contribution in [0, 0.1) is 22.6 Å². The van der Waals surface area contributed by atoms with E-state index in [9.17, 15) is 4.39 Å². The Labute approximate surface area is 103 Å². The fraction of sp³-hybridized carbons (Fsp3) is 0.417. The molecule has 2 rings (SSSR count). The first-order chi connectivity index (χ1) is 7.65. The lowest BCUT2D eigenvalue weighted by Crippen LogP contribution is -2.23. The van der Waals surface area contributed by atoms with E-state index in [4.69, 9.17) is 5.26 Å². The molecule has 0 aliphatic heterocycles. The SMILES string of the molecule is N#CC1(CNCc2cc(Br)ccc2F)CC1. The normalized spacial score (nSPS) is 16.8. The molecule has 1 saturated carbocycles. The molecule has 2 nitrogen and oxygen atoms in total. The second kappa shape index (κ2) is 4.52. The molecule has 84 valence electrons. The van der Waals surface area contributed by atoms with Gasteiger partial charge in [0.1, 0.15) is 5.82 Å². The largest absolute Gasteiger partial charge is 0.311 e. The topological polar surface area (TPSA) is 35.8 Å². The van der Waals surface area contributed by atoms with Crippen LogP contribution in [-0.2, 0) is 6.54 Å². The van der Waals surface area contributed by atoms with Crippen LogP contribution < -0.4 is 5.32 Å². The van der Waals surface area contributed by atoms with Crippen LogP contribution in [0.2, 0.25) is 0 Å². The van der Waals surface area contributed by atoms with Gasteiger partial charge in [-0.2, -0.15) is 5.26 Å². The minimum Gasteiger partial charge on any atom is -0.311 e. The van der Waals surface area contributed by atoms with Crippen molar-refractivity contribution in [3.8, 4) is 6.07 Å². The highest BCUT2D eigenvalue weighted by Gasteiger charge is 2.42. The lowest BCUT2D eigenvalue weighted by Gasteiger charge is -2.09. The maximum atomic E-state index is 13.4. The number of nitriles is 1. The van der Waals surface area contributed by atoms with E-state index < -0.39 is 0 Å². The Morgan fingerprint density at radius 2 is 2.25 bits per heavy atom. The van der Waals surface area contributed by atoms with Crippen molar-refractivity contribution in [2.45, 2.75) is 19.4 Å². The predicted octanol–water partition coefficient (Wildman–Crippen LogP) is 2.98. The van der Waals surface area contributed by atoms with E-state index in [1.54, 1.807) is 12.1 Å². The lowest BCUT2D eigenvalue weighted by atomic mass is 10.1. The first-order valence-corrected chi connectivity index (χ1v) is 6.00. The summed E-state index contributed by atoms with van der Waals surface area (Å²) in [6.45, 7) is 1.12. The predicted molar refractivity (Wildman–Crippen MR) is 63.1 cm³/mol. The quantitative estimate of drug-likeness (QED) is 0.922. The Morgan fingerprint density at radius 3 is 2.88 bits per heavy atom. The van der Waals surface area contributed by atoms with Crippen molar-refractivity contribution in [2.75, 3.05) is 6.54 Å². The van der Waals surface area contributed by atoms with Crippen LogP contribution in [0.1, 0.15) is 18.4 Å². The summed E-state index contributed by atoms with van der Waals surface area (Å²) >= 11 is 3.31. The zero-order valence-corrected chi connectivity index (χ0v) is 10.3. The van der Waals surface area contributed by atoms with E-state index in [1.165, 1.54) is 6.07 Å². The maximum absolute atomic E-state index is 13.4.